The molecule has 2 saturated heterocycles. The molecule has 2 aliphatic heterocycles. The second-order valence-electron chi connectivity index (χ2n) is 7.57. The van der Waals surface area contributed by atoms with Crippen LogP contribution < -0.4 is 4.74 Å². The Morgan fingerprint density at radius 2 is 1.86 bits per heavy atom. The predicted molar refractivity (Wildman–Crippen MR) is 104 cm³/mol. The molecular formula is C21H26N4O3. The predicted octanol–water partition coefficient (Wildman–Crippen LogP) is 2.64. The van der Waals surface area contributed by atoms with Gasteiger partial charge in [-0.25, -0.2) is 0 Å². The Kier molecular flexibility index (Phi) is 5.32. The van der Waals surface area contributed by atoms with Gasteiger partial charge in [-0.1, -0.05) is 0 Å². The lowest BCUT2D eigenvalue weighted by molar-refractivity contribution is 0.0684. The number of carbonyl (C=O) groups is 2. The summed E-state index contributed by atoms with van der Waals surface area (Å²) in [5.41, 5.74) is 2.02. The lowest BCUT2D eigenvalue weighted by atomic mass is 10.2. The normalized spacial score (nSPS) is 19.2. The summed E-state index contributed by atoms with van der Waals surface area (Å²) in [5.74, 6) is 0.751. The number of ether oxygens (including phenoxy) is 1. The lowest BCUT2D eigenvalue weighted by Crippen LogP contribution is -2.39. The van der Waals surface area contributed by atoms with Crippen LogP contribution in [0.5, 0.6) is 5.75 Å². The van der Waals surface area contributed by atoms with Crippen molar-refractivity contribution >= 4 is 11.8 Å². The maximum atomic E-state index is 12.7. The van der Waals surface area contributed by atoms with Crippen LogP contribution in [0.25, 0.3) is 0 Å². The van der Waals surface area contributed by atoms with Crippen molar-refractivity contribution < 1.29 is 14.3 Å². The van der Waals surface area contributed by atoms with Gasteiger partial charge in [0.15, 0.2) is 0 Å². The van der Waals surface area contributed by atoms with Gasteiger partial charge < -0.3 is 14.5 Å². The van der Waals surface area contributed by atoms with Crippen molar-refractivity contribution in [1.29, 1.82) is 0 Å². The van der Waals surface area contributed by atoms with Crippen LogP contribution in [0, 0.1) is 6.92 Å². The molecule has 0 aliphatic carbocycles. The van der Waals surface area contributed by atoms with Crippen LogP contribution >= 0.6 is 0 Å². The number of rotatable bonds is 5. The minimum absolute atomic E-state index is 0.0374. The summed E-state index contributed by atoms with van der Waals surface area (Å²) in [6.45, 7) is 4.74. The summed E-state index contributed by atoms with van der Waals surface area (Å²) >= 11 is 0. The van der Waals surface area contributed by atoms with Crippen LogP contribution in [-0.2, 0) is 0 Å². The van der Waals surface area contributed by atoms with Crippen molar-refractivity contribution in [3.05, 3.63) is 47.3 Å². The molecular weight excluding hydrogens is 356 g/mol. The van der Waals surface area contributed by atoms with Crippen molar-refractivity contribution in [3.63, 3.8) is 0 Å². The van der Waals surface area contributed by atoms with Crippen LogP contribution in [0.3, 0.4) is 0 Å². The third-order valence-electron chi connectivity index (χ3n) is 5.50. The van der Waals surface area contributed by atoms with E-state index >= 15 is 0 Å². The van der Waals surface area contributed by atoms with Crippen LogP contribution in [0.4, 0.5) is 0 Å². The first-order chi connectivity index (χ1) is 13.6. The van der Waals surface area contributed by atoms with E-state index in [4.69, 9.17) is 4.74 Å². The lowest BCUT2D eigenvalue weighted by Gasteiger charge is -2.24. The van der Waals surface area contributed by atoms with Crippen LogP contribution in [0.15, 0.2) is 30.3 Å². The Bertz CT molecular complexity index is 840. The molecule has 3 heterocycles. The maximum Gasteiger partial charge on any atom is 0.274 e. The molecule has 1 aromatic heterocycles. The quantitative estimate of drug-likeness (QED) is 0.862. The number of benzene rings is 1. The minimum atomic E-state index is -0.0537. The van der Waals surface area contributed by atoms with Gasteiger partial charge in [0.2, 0.25) is 0 Å². The Morgan fingerprint density at radius 3 is 2.54 bits per heavy atom. The van der Waals surface area contributed by atoms with Gasteiger partial charge in [0.1, 0.15) is 18.1 Å². The number of nitrogens with zero attached hydrogens (tertiary/aromatic N) is 3. The summed E-state index contributed by atoms with van der Waals surface area (Å²) in [6.07, 6.45) is 4.05. The summed E-state index contributed by atoms with van der Waals surface area (Å²) in [4.78, 5) is 28.8. The van der Waals surface area contributed by atoms with E-state index in [1.165, 1.54) is 0 Å². The number of H-pyrrole nitrogens is 1. The molecule has 2 fully saturated rings. The summed E-state index contributed by atoms with van der Waals surface area (Å²) in [7, 11) is 0. The van der Waals surface area contributed by atoms with E-state index in [-0.39, 0.29) is 17.9 Å². The van der Waals surface area contributed by atoms with Gasteiger partial charge >= 0.3 is 0 Å². The van der Waals surface area contributed by atoms with Gasteiger partial charge in [-0.15, -0.1) is 0 Å². The average molecular weight is 382 g/mol. The van der Waals surface area contributed by atoms with Gasteiger partial charge in [0, 0.05) is 30.9 Å². The van der Waals surface area contributed by atoms with Crippen LogP contribution in [0.1, 0.15) is 52.2 Å². The Labute approximate surface area is 164 Å². The average Bonchev–Trinajstić information content (AvgIpc) is 3.47. The first-order valence-electron chi connectivity index (χ1n) is 9.97. The highest BCUT2D eigenvalue weighted by atomic mass is 16.5. The standard InChI is InChI=1S/C21H26N4O3/c1-15-13-19(23-22-15)21(27)25-12-4-5-17(25)14-28-18-8-6-16(7-9-18)20(26)24-10-2-3-11-24/h6-9,13,17H,2-5,10-12,14H2,1H3,(H,22,23). The fraction of sp³-hybridized carbons (Fsp3) is 0.476. The van der Waals surface area contributed by atoms with Crippen molar-refractivity contribution in [1.82, 2.24) is 20.0 Å². The molecule has 1 unspecified atom stereocenters. The molecule has 2 aliphatic rings. The number of likely N-dealkylation sites (tertiary alicyclic amines) is 2. The Hall–Kier alpha value is -2.83. The molecule has 0 radical (unpaired) electrons. The van der Waals surface area contributed by atoms with Gasteiger partial charge in [0.05, 0.1) is 6.04 Å². The number of nitrogens with one attached hydrogen (secondary N) is 1. The molecule has 1 N–H and O–H groups in total. The molecule has 0 saturated carbocycles. The molecule has 7 nitrogen and oxygen atoms in total. The van der Waals surface area contributed by atoms with E-state index in [1.807, 2.05) is 41.0 Å². The van der Waals surface area contributed by atoms with E-state index in [0.717, 1.165) is 51.0 Å². The third kappa shape index (κ3) is 3.88. The topological polar surface area (TPSA) is 78.5 Å². The van der Waals surface area contributed by atoms with E-state index in [2.05, 4.69) is 10.2 Å². The first-order valence-corrected chi connectivity index (χ1v) is 9.97. The van der Waals surface area contributed by atoms with Crippen LogP contribution in [0.2, 0.25) is 0 Å². The Balaban J connectivity index is 1.34. The monoisotopic (exact) mass is 382 g/mol. The fourth-order valence-electron chi connectivity index (χ4n) is 3.94. The molecule has 28 heavy (non-hydrogen) atoms. The zero-order valence-corrected chi connectivity index (χ0v) is 16.2. The third-order valence-corrected chi connectivity index (χ3v) is 5.50. The number of hydrogen-bond acceptors (Lipinski definition) is 4. The van der Waals surface area contributed by atoms with E-state index in [0.29, 0.717) is 23.6 Å². The molecule has 4 rings (SSSR count). The smallest absolute Gasteiger partial charge is 0.274 e. The van der Waals surface area contributed by atoms with Crippen molar-refractivity contribution in [2.24, 2.45) is 0 Å². The van der Waals surface area contributed by atoms with Gasteiger partial charge in [0.25, 0.3) is 11.8 Å². The molecule has 2 amide bonds. The van der Waals surface area contributed by atoms with Gasteiger partial charge in [-0.3, -0.25) is 14.7 Å². The SMILES string of the molecule is Cc1cc(C(=O)N2CCCC2COc2ccc(C(=O)N3CCCC3)cc2)n[nH]1. The fourth-order valence-corrected chi connectivity index (χ4v) is 3.94. The minimum Gasteiger partial charge on any atom is -0.491 e. The van der Waals surface area contributed by atoms with Crippen molar-refractivity contribution in [2.75, 3.05) is 26.2 Å². The van der Waals surface area contributed by atoms with E-state index < -0.39 is 0 Å². The van der Waals surface area contributed by atoms with Crippen molar-refractivity contribution in [3.8, 4) is 5.75 Å². The highest BCUT2D eigenvalue weighted by molar-refractivity contribution is 5.94. The number of carbonyl (C=O) groups excluding carboxylic acids is 2. The molecule has 0 spiro atoms. The number of hydrogen-bond donors (Lipinski definition) is 1. The molecule has 1 aromatic carbocycles. The van der Waals surface area contributed by atoms with Gasteiger partial charge in [-0.05, 0) is 62.9 Å². The second kappa shape index (κ2) is 8.04. The second-order valence-corrected chi connectivity index (χ2v) is 7.57. The summed E-state index contributed by atoms with van der Waals surface area (Å²) < 4.78 is 5.92. The maximum absolute atomic E-state index is 12.7. The summed E-state index contributed by atoms with van der Waals surface area (Å²) in [5, 5.41) is 6.90. The largest absolute Gasteiger partial charge is 0.491 e. The number of amides is 2. The van der Waals surface area contributed by atoms with Gasteiger partial charge in [-0.2, -0.15) is 5.10 Å². The highest BCUT2D eigenvalue weighted by Gasteiger charge is 2.31. The molecule has 148 valence electrons. The molecule has 1 atom stereocenters. The molecule has 0 bridgehead atoms. The zero-order chi connectivity index (χ0) is 19.5. The Morgan fingerprint density at radius 1 is 1.11 bits per heavy atom. The molecule has 2 aromatic rings. The number of aromatic amines is 1. The molecule has 7 heteroatoms. The first kappa shape index (κ1) is 18.5. The highest BCUT2D eigenvalue weighted by Crippen LogP contribution is 2.22. The van der Waals surface area contributed by atoms with E-state index in [9.17, 15) is 9.59 Å². The summed E-state index contributed by atoms with van der Waals surface area (Å²) in [6, 6.07) is 9.12. The number of aromatic nitrogens is 2. The van der Waals surface area contributed by atoms with Crippen molar-refractivity contribution in [2.45, 2.75) is 38.6 Å². The number of aryl methyl sites for hydroxylation is 1. The van der Waals surface area contributed by atoms with E-state index in [1.54, 1.807) is 6.07 Å². The zero-order valence-electron chi connectivity index (χ0n) is 16.2. The van der Waals surface area contributed by atoms with Crippen LogP contribution in [-0.4, -0.2) is 64.1 Å².